The van der Waals surface area contributed by atoms with Gasteiger partial charge in [-0.05, 0) is 29.7 Å². The molecule has 1 N–H and O–H groups in total. The molecule has 18 heavy (non-hydrogen) atoms. The topological polar surface area (TPSA) is 24.5 Å². The van der Waals surface area contributed by atoms with E-state index in [1.165, 1.54) is 11.1 Å². The number of rotatable bonds is 3. The Bertz CT molecular complexity index is 430. The Hall–Kier alpha value is -0.770. The number of piperazine rings is 1. The van der Waals surface area contributed by atoms with Crippen LogP contribution in [0.1, 0.15) is 11.1 Å². The van der Waals surface area contributed by atoms with Crippen molar-refractivity contribution in [2.45, 2.75) is 12.8 Å². The molecule has 2 aliphatic rings. The fourth-order valence-electron chi connectivity index (χ4n) is 2.75. The van der Waals surface area contributed by atoms with Crippen LogP contribution in [0, 0.1) is 0 Å². The molecule has 2 heterocycles. The van der Waals surface area contributed by atoms with Crippen LogP contribution in [0.3, 0.4) is 0 Å². The SMILES string of the molecule is Clc1cc2c(c(CCN3CCNCC3)c1)OCC2. The first kappa shape index (κ1) is 12.3. The van der Waals surface area contributed by atoms with Crippen molar-refractivity contribution in [2.24, 2.45) is 0 Å². The Morgan fingerprint density at radius 2 is 2.11 bits per heavy atom. The highest BCUT2D eigenvalue weighted by molar-refractivity contribution is 6.30. The van der Waals surface area contributed by atoms with Crippen LogP contribution in [0.25, 0.3) is 0 Å². The third kappa shape index (κ3) is 2.63. The molecule has 98 valence electrons. The van der Waals surface area contributed by atoms with E-state index in [9.17, 15) is 0 Å². The second-order valence-electron chi connectivity index (χ2n) is 4.99. The van der Waals surface area contributed by atoms with Crippen LogP contribution >= 0.6 is 11.6 Å². The average Bonchev–Trinajstić information content (AvgIpc) is 2.85. The van der Waals surface area contributed by atoms with E-state index >= 15 is 0 Å². The van der Waals surface area contributed by atoms with Crippen molar-refractivity contribution in [3.63, 3.8) is 0 Å². The van der Waals surface area contributed by atoms with Crippen molar-refractivity contribution in [3.05, 3.63) is 28.3 Å². The van der Waals surface area contributed by atoms with Gasteiger partial charge in [0.05, 0.1) is 6.61 Å². The summed E-state index contributed by atoms with van der Waals surface area (Å²) in [5.41, 5.74) is 2.55. The normalized spacial score (nSPS) is 19.6. The van der Waals surface area contributed by atoms with Gasteiger partial charge in [-0.1, -0.05) is 11.6 Å². The monoisotopic (exact) mass is 266 g/mol. The molecule has 0 saturated carbocycles. The predicted octanol–water partition coefficient (Wildman–Crippen LogP) is 1.72. The summed E-state index contributed by atoms with van der Waals surface area (Å²) in [6, 6.07) is 4.10. The number of fused-ring (bicyclic) bond motifs is 1. The molecule has 1 aromatic rings. The standard InChI is InChI=1S/C14H19ClN2O/c15-13-9-11(14-12(10-13)2-8-18-14)1-5-17-6-3-16-4-7-17/h9-10,16H,1-8H2. The van der Waals surface area contributed by atoms with Crippen molar-refractivity contribution in [2.75, 3.05) is 39.3 Å². The van der Waals surface area contributed by atoms with Gasteiger partial charge in [0, 0.05) is 44.2 Å². The lowest BCUT2D eigenvalue weighted by atomic mass is 10.1. The lowest BCUT2D eigenvalue weighted by Crippen LogP contribution is -2.44. The summed E-state index contributed by atoms with van der Waals surface area (Å²) in [5.74, 6) is 1.09. The van der Waals surface area contributed by atoms with Crippen molar-refractivity contribution < 1.29 is 4.74 Å². The van der Waals surface area contributed by atoms with E-state index in [2.05, 4.69) is 16.3 Å². The summed E-state index contributed by atoms with van der Waals surface area (Å²) in [6.07, 6.45) is 2.03. The molecule has 1 saturated heterocycles. The number of ether oxygens (including phenoxy) is 1. The van der Waals surface area contributed by atoms with Crippen LogP contribution in [-0.2, 0) is 12.8 Å². The Kier molecular flexibility index (Phi) is 3.73. The summed E-state index contributed by atoms with van der Waals surface area (Å²) in [7, 11) is 0. The average molecular weight is 267 g/mol. The number of nitrogens with zero attached hydrogens (tertiary/aromatic N) is 1. The second kappa shape index (κ2) is 5.47. The summed E-state index contributed by atoms with van der Waals surface area (Å²) >= 11 is 6.17. The zero-order valence-corrected chi connectivity index (χ0v) is 11.3. The van der Waals surface area contributed by atoms with Crippen molar-refractivity contribution in [3.8, 4) is 5.75 Å². The minimum absolute atomic E-state index is 0.802. The van der Waals surface area contributed by atoms with Crippen LogP contribution in [-0.4, -0.2) is 44.2 Å². The highest BCUT2D eigenvalue weighted by Crippen LogP contribution is 2.33. The highest BCUT2D eigenvalue weighted by Gasteiger charge is 2.18. The smallest absolute Gasteiger partial charge is 0.125 e. The molecule has 0 aliphatic carbocycles. The summed E-state index contributed by atoms with van der Waals surface area (Å²) < 4.78 is 5.73. The van der Waals surface area contributed by atoms with Crippen LogP contribution in [0.5, 0.6) is 5.75 Å². The quantitative estimate of drug-likeness (QED) is 0.902. The molecule has 0 bridgehead atoms. The van der Waals surface area contributed by atoms with E-state index in [1.54, 1.807) is 0 Å². The van der Waals surface area contributed by atoms with Crippen molar-refractivity contribution >= 4 is 11.6 Å². The van der Waals surface area contributed by atoms with E-state index in [-0.39, 0.29) is 0 Å². The third-order valence-corrected chi connectivity index (χ3v) is 3.95. The van der Waals surface area contributed by atoms with Gasteiger partial charge in [0.2, 0.25) is 0 Å². The third-order valence-electron chi connectivity index (χ3n) is 3.73. The molecule has 3 nitrogen and oxygen atoms in total. The molecule has 1 aromatic carbocycles. The zero-order chi connectivity index (χ0) is 12.4. The molecule has 0 amide bonds. The Balaban J connectivity index is 1.68. The van der Waals surface area contributed by atoms with Gasteiger partial charge in [0.25, 0.3) is 0 Å². The maximum atomic E-state index is 6.17. The summed E-state index contributed by atoms with van der Waals surface area (Å²) in [4.78, 5) is 2.50. The van der Waals surface area contributed by atoms with Gasteiger partial charge in [-0.2, -0.15) is 0 Å². The maximum Gasteiger partial charge on any atom is 0.125 e. The fourth-order valence-corrected chi connectivity index (χ4v) is 3.01. The molecular weight excluding hydrogens is 248 g/mol. The first-order valence-corrected chi connectivity index (χ1v) is 7.08. The van der Waals surface area contributed by atoms with E-state index in [0.717, 1.165) is 62.9 Å². The molecule has 1 fully saturated rings. The van der Waals surface area contributed by atoms with Gasteiger partial charge in [0.15, 0.2) is 0 Å². The van der Waals surface area contributed by atoms with E-state index < -0.39 is 0 Å². The van der Waals surface area contributed by atoms with Gasteiger partial charge in [-0.15, -0.1) is 0 Å². The highest BCUT2D eigenvalue weighted by atomic mass is 35.5. The number of halogens is 1. The second-order valence-corrected chi connectivity index (χ2v) is 5.43. The number of hydrogen-bond donors (Lipinski definition) is 1. The fraction of sp³-hybridized carbons (Fsp3) is 0.571. The maximum absolute atomic E-state index is 6.17. The molecule has 4 heteroatoms. The van der Waals surface area contributed by atoms with Gasteiger partial charge >= 0.3 is 0 Å². The molecule has 2 aliphatic heterocycles. The van der Waals surface area contributed by atoms with Crippen LogP contribution in [0.15, 0.2) is 12.1 Å². The molecule has 0 radical (unpaired) electrons. The van der Waals surface area contributed by atoms with Gasteiger partial charge in [-0.3, -0.25) is 0 Å². The number of benzene rings is 1. The van der Waals surface area contributed by atoms with Crippen molar-refractivity contribution in [1.29, 1.82) is 0 Å². The largest absolute Gasteiger partial charge is 0.493 e. The molecule has 0 spiro atoms. The summed E-state index contributed by atoms with van der Waals surface area (Å²) in [5, 5.41) is 4.22. The van der Waals surface area contributed by atoms with Gasteiger partial charge in [0.1, 0.15) is 5.75 Å². The van der Waals surface area contributed by atoms with Crippen LogP contribution in [0.2, 0.25) is 5.02 Å². The lowest BCUT2D eigenvalue weighted by molar-refractivity contribution is 0.243. The van der Waals surface area contributed by atoms with Crippen LogP contribution < -0.4 is 10.1 Å². The summed E-state index contributed by atoms with van der Waals surface area (Å²) in [6.45, 7) is 6.38. The Labute approximate surface area is 113 Å². The van der Waals surface area contributed by atoms with E-state index in [0.29, 0.717) is 0 Å². The molecule has 3 rings (SSSR count). The zero-order valence-electron chi connectivity index (χ0n) is 10.5. The van der Waals surface area contributed by atoms with E-state index in [1.807, 2.05) is 6.07 Å². The van der Waals surface area contributed by atoms with Gasteiger partial charge < -0.3 is 15.0 Å². The molecular formula is C14H19ClN2O. The molecule has 0 aromatic heterocycles. The first-order chi connectivity index (χ1) is 8.83. The van der Waals surface area contributed by atoms with E-state index in [4.69, 9.17) is 16.3 Å². The molecule has 0 atom stereocenters. The first-order valence-electron chi connectivity index (χ1n) is 6.70. The lowest BCUT2D eigenvalue weighted by Gasteiger charge is -2.27. The van der Waals surface area contributed by atoms with Gasteiger partial charge in [-0.25, -0.2) is 0 Å². The Morgan fingerprint density at radius 1 is 1.28 bits per heavy atom. The number of hydrogen-bond acceptors (Lipinski definition) is 3. The predicted molar refractivity (Wildman–Crippen MR) is 73.7 cm³/mol. The van der Waals surface area contributed by atoms with Crippen LogP contribution in [0.4, 0.5) is 0 Å². The number of nitrogens with one attached hydrogen (secondary N) is 1. The Morgan fingerprint density at radius 3 is 2.94 bits per heavy atom. The molecule has 0 unspecified atom stereocenters. The minimum Gasteiger partial charge on any atom is -0.493 e. The van der Waals surface area contributed by atoms with Crippen molar-refractivity contribution in [1.82, 2.24) is 10.2 Å². The minimum atomic E-state index is 0.802.